The van der Waals surface area contributed by atoms with Gasteiger partial charge in [-0.15, -0.1) is 0 Å². The van der Waals surface area contributed by atoms with Crippen molar-refractivity contribution >= 4 is 0 Å². The highest BCUT2D eigenvalue weighted by Crippen LogP contribution is 2.49. The Morgan fingerprint density at radius 1 is 0.640 bits per heavy atom. The summed E-state index contributed by atoms with van der Waals surface area (Å²) in [6, 6.07) is 0. The molecule has 2 aliphatic rings. The third kappa shape index (κ3) is 6.91. The van der Waals surface area contributed by atoms with E-state index >= 15 is 0 Å². The van der Waals surface area contributed by atoms with Crippen molar-refractivity contribution in [2.45, 2.75) is 136 Å². The quantitative estimate of drug-likeness (QED) is 0.327. The summed E-state index contributed by atoms with van der Waals surface area (Å²) in [7, 11) is 0. The maximum absolute atomic E-state index is 2.47. The van der Waals surface area contributed by atoms with Crippen LogP contribution < -0.4 is 0 Å². The maximum Gasteiger partial charge on any atom is -0.0300 e. The van der Waals surface area contributed by atoms with Crippen LogP contribution >= 0.6 is 0 Å². The van der Waals surface area contributed by atoms with Gasteiger partial charge in [-0.1, -0.05) is 91.4 Å². The van der Waals surface area contributed by atoms with Gasteiger partial charge in [0.25, 0.3) is 0 Å². The van der Waals surface area contributed by atoms with E-state index in [4.69, 9.17) is 0 Å². The predicted octanol–water partition coefficient (Wildman–Crippen LogP) is 8.93. The average Bonchev–Trinajstić information content (AvgIpc) is 2.67. The second-order valence-electron chi connectivity index (χ2n) is 9.78. The lowest BCUT2D eigenvalue weighted by molar-refractivity contribution is 0.0798. The number of hydrogen-bond acceptors (Lipinski definition) is 0. The van der Waals surface area contributed by atoms with E-state index in [-0.39, 0.29) is 0 Å². The molecule has 2 fully saturated rings. The molecule has 0 radical (unpaired) electrons. The molecule has 0 atom stereocenters. The van der Waals surface area contributed by atoms with E-state index in [1.54, 1.807) is 51.4 Å². The Morgan fingerprint density at radius 3 is 1.84 bits per heavy atom. The lowest BCUT2D eigenvalue weighted by atomic mass is 9.62. The Bertz CT molecular complexity index is 315. The van der Waals surface area contributed by atoms with Gasteiger partial charge in [0.05, 0.1) is 0 Å². The van der Waals surface area contributed by atoms with Gasteiger partial charge in [0.1, 0.15) is 0 Å². The molecule has 0 bridgehead atoms. The molecule has 0 saturated heterocycles. The van der Waals surface area contributed by atoms with Gasteiger partial charge in [0.15, 0.2) is 0 Å². The summed E-state index contributed by atoms with van der Waals surface area (Å²) in [6.45, 7) is 7.14. The summed E-state index contributed by atoms with van der Waals surface area (Å²) in [4.78, 5) is 0. The Hall–Kier alpha value is 0. The van der Waals surface area contributed by atoms with Crippen LogP contribution in [-0.4, -0.2) is 0 Å². The van der Waals surface area contributed by atoms with Crippen LogP contribution in [0.3, 0.4) is 0 Å². The van der Waals surface area contributed by atoms with E-state index in [1.807, 2.05) is 0 Å². The summed E-state index contributed by atoms with van der Waals surface area (Å²) in [6.07, 6.45) is 27.1. The van der Waals surface area contributed by atoms with Gasteiger partial charge in [0.2, 0.25) is 0 Å². The molecule has 25 heavy (non-hydrogen) atoms. The van der Waals surface area contributed by atoms with E-state index in [0.29, 0.717) is 0 Å². The highest BCUT2D eigenvalue weighted by Gasteiger charge is 2.36. The smallest absolute Gasteiger partial charge is 0.0300 e. The standard InChI is InChI=1S/C25H48/c1-4-7-9-10-12-22-13-15-23(16-14-22)24-17-20-25(6-3,21-18-24)19-11-8-5-2/h22-24H,4-21H2,1-3H3/t22?,23?,24-,25-. The average molecular weight is 349 g/mol. The highest BCUT2D eigenvalue weighted by atomic mass is 14.4. The van der Waals surface area contributed by atoms with E-state index in [2.05, 4.69) is 20.8 Å². The van der Waals surface area contributed by atoms with Gasteiger partial charge in [-0.3, -0.25) is 0 Å². The van der Waals surface area contributed by atoms with Crippen LogP contribution in [0.4, 0.5) is 0 Å². The second-order valence-corrected chi connectivity index (χ2v) is 9.78. The van der Waals surface area contributed by atoms with Crippen molar-refractivity contribution < 1.29 is 0 Å². The Morgan fingerprint density at radius 2 is 1.24 bits per heavy atom. The largest absolute Gasteiger partial charge is 0.0654 e. The van der Waals surface area contributed by atoms with Crippen molar-refractivity contribution in [1.82, 2.24) is 0 Å². The molecule has 0 aromatic heterocycles. The Kier molecular flexibility index (Phi) is 9.93. The Balaban J connectivity index is 1.66. The minimum atomic E-state index is 0.738. The highest BCUT2D eigenvalue weighted by molar-refractivity contribution is 4.88. The van der Waals surface area contributed by atoms with Gasteiger partial charge >= 0.3 is 0 Å². The Labute approximate surface area is 159 Å². The number of unbranched alkanes of at least 4 members (excludes halogenated alkanes) is 5. The van der Waals surface area contributed by atoms with Crippen molar-refractivity contribution in [2.24, 2.45) is 23.2 Å². The summed E-state index contributed by atoms with van der Waals surface area (Å²) < 4.78 is 0. The van der Waals surface area contributed by atoms with Crippen LogP contribution in [0.15, 0.2) is 0 Å². The molecule has 0 aliphatic heterocycles. The minimum Gasteiger partial charge on any atom is -0.0654 e. The first-order chi connectivity index (χ1) is 12.2. The van der Waals surface area contributed by atoms with Gasteiger partial charge in [0, 0.05) is 0 Å². The third-order valence-corrected chi connectivity index (χ3v) is 8.18. The molecule has 2 aliphatic carbocycles. The molecule has 0 aromatic rings. The molecule has 0 aromatic carbocycles. The molecule has 2 rings (SSSR count). The van der Waals surface area contributed by atoms with Gasteiger partial charge < -0.3 is 0 Å². The first-order valence-electron chi connectivity index (χ1n) is 12.2. The molecule has 0 amide bonds. The predicted molar refractivity (Wildman–Crippen MR) is 113 cm³/mol. The van der Waals surface area contributed by atoms with Gasteiger partial charge in [-0.05, 0) is 68.1 Å². The van der Waals surface area contributed by atoms with Crippen LogP contribution in [0.5, 0.6) is 0 Å². The molecule has 0 unspecified atom stereocenters. The SMILES string of the molecule is CCCCCCC1CCC([C@H]2CC[C@](CC)(CCCCC)CC2)CC1. The van der Waals surface area contributed by atoms with Crippen molar-refractivity contribution in [3.8, 4) is 0 Å². The van der Waals surface area contributed by atoms with Crippen LogP contribution in [0, 0.1) is 23.2 Å². The second kappa shape index (κ2) is 11.7. The van der Waals surface area contributed by atoms with E-state index in [0.717, 1.165) is 23.2 Å². The molecule has 148 valence electrons. The van der Waals surface area contributed by atoms with Crippen LogP contribution in [0.25, 0.3) is 0 Å². The first kappa shape index (κ1) is 21.3. The zero-order valence-electron chi connectivity index (χ0n) is 18.0. The zero-order valence-corrected chi connectivity index (χ0v) is 18.0. The monoisotopic (exact) mass is 348 g/mol. The maximum atomic E-state index is 2.47. The normalized spacial score (nSPS) is 33.5. The lowest BCUT2D eigenvalue weighted by Gasteiger charge is -2.44. The molecule has 0 nitrogen and oxygen atoms in total. The molecule has 0 spiro atoms. The van der Waals surface area contributed by atoms with Crippen LogP contribution in [0.1, 0.15) is 136 Å². The third-order valence-electron chi connectivity index (χ3n) is 8.18. The molecule has 2 saturated carbocycles. The summed E-state index contributed by atoms with van der Waals surface area (Å²) in [5.41, 5.74) is 0.738. The van der Waals surface area contributed by atoms with E-state index < -0.39 is 0 Å². The number of rotatable bonds is 11. The topological polar surface area (TPSA) is 0 Å². The summed E-state index contributed by atoms with van der Waals surface area (Å²) >= 11 is 0. The van der Waals surface area contributed by atoms with Crippen LogP contribution in [-0.2, 0) is 0 Å². The van der Waals surface area contributed by atoms with Gasteiger partial charge in [-0.25, -0.2) is 0 Å². The fraction of sp³-hybridized carbons (Fsp3) is 1.00. The van der Waals surface area contributed by atoms with E-state index in [1.165, 1.54) is 64.2 Å². The molecular weight excluding hydrogens is 300 g/mol. The molecular formula is C25H48. The van der Waals surface area contributed by atoms with E-state index in [9.17, 15) is 0 Å². The minimum absolute atomic E-state index is 0.738. The van der Waals surface area contributed by atoms with Crippen molar-refractivity contribution in [3.63, 3.8) is 0 Å². The summed E-state index contributed by atoms with van der Waals surface area (Å²) in [5, 5.41) is 0. The molecule has 0 N–H and O–H groups in total. The van der Waals surface area contributed by atoms with Crippen LogP contribution in [0.2, 0.25) is 0 Å². The van der Waals surface area contributed by atoms with Crippen molar-refractivity contribution in [1.29, 1.82) is 0 Å². The number of hydrogen-bond donors (Lipinski definition) is 0. The fourth-order valence-corrected chi connectivity index (χ4v) is 6.06. The van der Waals surface area contributed by atoms with Gasteiger partial charge in [-0.2, -0.15) is 0 Å². The zero-order chi connectivity index (χ0) is 18.0. The fourth-order valence-electron chi connectivity index (χ4n) is 6.06. The first-order valence-corrected chi connectivity index (χ1v) is 12.2. The molecule has 0 heteroatoms. The van der Waals surface area contributed by atoms with Crippen molar-refractivity contribution in [3.05, 3.63) is 0 Å². The summed E-state index contributed by atoms with van der Waals surface area (Å²) in [5.74, 6) is 3.27. The molecule has 0 heterocycles. The van der Waals surface area contributed by atoms with Crippen molar-refractivity contribution in [2.75, 3.05) is 0 Å². The lowest BCUT2D eigenvalue weighted by Crippen LogP contribution is -2.31.